The van der Waals surface area contributed by atoms with Gasteiger partial charge in [-0.2, -0.15) is 0 Å². The molecule has 2 aliphatic heterocycles. The first-order valence-electron chi connectivity index (χ1n) is 6.00. The van der Waals surface area contributed by atoms with Gasteiger partial charge in [0.15, 0.2) is 0 Å². The van der Waals surface area contributed by atoms with Crippen molar-refractivity contribution in [3.05, 3.63) is 0 Å². The lowest BCUT2D eigenvalue weighted by Crippen LogP contribution is -2.53. The Hall–Kier alpha value is -1.59. The molecule has 0 aromatic heterocycles. The number of carbonyl (C=O) groups excluding carboxylic acids is 3. The molecular weight excluding hydrogens is 238 g/mol. The van der Waals surface area contributed by atoms with Gasteiger partial charge >= 0.3 is 18.0 Å². The van der Waals surface area contributed by atoms with Gasteiger partial charge in [0.1, 0.15) is 5.60 Å². The highest BCUT2D eigenvalue weighted by Crippen LogP contribution is 2.29. The van der Waals surface area contributed by atoms with Gasteiger partial charge in [0, 0.05) is 13.1 Å². The van der Waals surface area contributed by atoms with Gasteiger partial charge in [-0.05, 0) is 27.2 Å². The summed E-state index contributed by atoms with van der Waals surface area (Å²) in [5, 5.41) is 0. The number of hydrogen-bond donors (Lipinski definition) is 0. The molecule has 2 heterocycles. The van der Waals surface area contributed by atoms with E-state index in [9.17, 15) is 14.4 Å². The summed E-state index contributed by atoms with van der Waals surface area (Å²) in [5.74, 6) is -1.89. The Labute approximate surface area is 105 Å². The molecule has 6 heteroatoms. The van der Waals surface area contributed by atoms with Crippen LogP contribution in [0.15, 0.2) is 0 Å². The lowest BCUT2D eigenvalue weighted by Gasteiger charge is -2.38. The molecule has 2 bridgehead atoms. The zero-order valence-corrected chi connectivity index (χ0v) is 10.8. The Morgan fingerprint density at radius 1 is 1.22 bits per heavy atom. The third-order valence-electron chi connectivity index (χ3n) is 2.97. The van der Waals surface area contributed by atoms with Crippen molar-refractivity contribution in [3.8, 4) is 0 Å². The third-order valence-corrected chi connectivity index (χ3v) is 2.97. The number of esters is 2. The molecule has 0 unspecified atom stereocenters. The molecule has 0 aromatic carbocycles. The van der Waals surface area contributed by atoms with Gasteiger partial charge in [-0.3, -0.25) is 9.59 Å². The maximum absolute atomic E-state index is 11.9. The van der Waals surface area contributed by atoms with Gasteiger partial charge in [0.25, 0.3) is 0 Å². The SMILES string of the molecule is CC(C)(C)OC(=O)N1C[C@H]2C[C@@H](C1)C(=O)OC2=O. The number of cyclic esters (lactones) is 2. The van der Waals surface area contributed by atoms with Crippen molar-refractivity contribution in [2.24, 2.45) is 11.8 Å². The predicted octanol–water partition coefficient (Wildman–Crippen LogP) is 0.943. The average molecular weight is 255 g/mol. The lowest BCUT2D eigenvalue weighted by molar-refractivity contribution is -0.176. The quantitative estimate of drug-likeness (QED) is 0.476. The highest BCUT2D eigenvalue weighted by atomic mass is 16.6. The van der Waals surface area contributed by atoms with Crippen molar-refractivity contribution < 1.29 is 23.9 Å². The molecular formula is C12H17NO5. The van der Waals surface area contributed by atoms with Crippen LogP contribution in [-0.2, 0) is 19.1 Å². The van der Waals surface area contributed by atoms with E-state index in [2.05, 4.69) is 4.74 Å². The van der Waals surface area contributed by atoms with E-state index in [4.69, 9.17) is 4.74 Å². The minimum Gasteiger partial charge on any atom is -0.444 e. The van der Waals surface area contributed by atoms with Gasteiger partial charge < -0.3 is 14.4 Å². The topological polar surface area (TPSA) is 72.9 Å². The van der Waals surface area contributed by atoms with Gasteiger partial charge in [-0.15, -0.1) is 0 Å². The van der Waals surface area contributed by atoms with Crippen molar-refractivity contribution in [2.45, 2.75) is 32.8 Å². The van der Waals surface area contributed by atoms with E-state index in [1.54, 1.807) is 20.8 Å². The van der Waals surface area contributed by atoms with E-state index in [0.717, 1.165) is 0 Å². The number of likely N-dealkylation sites (tertiary alicyclic amines) is 1. The molecule has 0 N–H and O–H groups in total. The molecule has 0 aliphatic carbocycles. The molecule has 2 rings (SSSR count). The number of piperidine rings is 1. The molecule has 1 amide bonds. The maximum Gasteiger partial charge on any atom is 0.410 e. The van der Waals surface area contributed by atoms with Crippen LogP contribution in [0.5, 0.6) is 0 Å². The second-order valence-electron chi connectivity index (χ2n) is 5.76. The minimum absolute atomic E-state index is 0.261. The Balaban J connectivity index is 2.06. The van der Waals surface area contributed by atoms with E-state index in [0.29, 0.717) is 6.42 Å². The molecule has 2 atom stereocenters. The summed E-state index contributed by atoms with van der Waals surface area (Å²) in [4.78, 5) is 36.2. The van der Waals surface area contributed by atoms with Crippen LogP contribution >= 0.6 is 0 Å². The normalized spacial score (nSPS) is 27.8. The first kappa shape index (κ1) is 12.9. The molecule has 0 spiro atoms. The van der Waals surface area contributed by atoms with Crippen LogP contribution in [0.4, 0.5) is 4.79 Å². The summed E-state index contributed by atoms with van der Waals surface area (Å²) in [5.41, 5.74) is -0.589. The largest absolute Gasteiger partial charge is 0.444 e. The highest BCUT2D eigenvalue weighted by molar-refractivity contribution is 5.92. The Morgan fingerprint density at radius 3 is 2.17 bits per heavy atom. The average Bonchev–Trinajstić information content (AvgIpc) is 2.24. The summed E-state index contributed by atoms with van der Waals surface area (Å²) >= 11 is 0. The fraction of sp³-hybridized carbons (Fsp3) is 0.750. The van der Waals surface area contributed by atoms with Crippen molar-refractivity contribution >= 4 is 18.0 Å². The van der Waals surface area contributed by atoms with E-state index in [1.807, 2.05) is 0 Å². The predicted molar refractivity (Wildman–Crippen MR) is 60.5 cm³/mol. The molecule has 0 saturated carbocycles. The van der Waals surface area contributed by atoms with Crippen molar-refractivity contribution in [2.75, 3.05) is 13.1 Å². The Morgan fingerprint density at radius 2 is 1.72 bits per heavy atom. The van der Waals surface area contributed by atoms with Crippen molar-refractivity contribution in [3.63, 3.8) is 0 Å². The minimum atomic E-state index is -0.589. The van der Waals surface area contributed by atoms with Crippen LogP contribution < -0.4 is 0 Å². The fourth-order valence-corrected chi connectivity index (χ4v) is 2.18. The van der Waals surface area contributed by atoms with E-state index >= 15 is 0 Å². The van der Waals surface area contributed by atoms with Crippen LogP contribution in [0.1, 0.15) is 27.2 Å². The molecule has 2 aliphatic rings. The Bertz CT molecular complexity index is 376. The summed E-state index contributed by atoms with van der Waals surface area (Å²) in [6.45, 7) is 5.84. The van der Waals surface area contributed by atoms with Crippen molar-refractivity contribution in [1.82, 2.24) is 4.90 Å². The number of nitrogens with zero attached hydrogens (tertiary/aromatic N) is 1. The van der Waals surface area contributed by atoms with Gasteiger partial charge in [0.2, 0.25) is 0 Å². The summed E-state index contributed by atoms with van der Waals surface area (Å²) in [7, 11) is 0. The zero-order chi connectivity index (χ0) is 13.5. The smallest absolute Gasteiger partial charge is 0.410 e. The number of ether oxygens (including phenoxy) is 2. The second kappa shape index (κ2) is 4.26. The number of rotatable bonds is 0. The lowest BCUT2D eigenvalue weighted by atomic mass is 9.87. The molecule has 0 radical (unpaired) electrons. The third kappa shape index (κ3) is 2.63. The molecule has 6 nitrogen and oxygen atoms in total. The van der Waals surface area contributed by atoms with Crippen LogP contribution in [-0.4, -0.2) is 41.6 Å². The molecule has 2 fully saturated rings. The summed E-state index contributed by atoms with van der Waals surface area (Å²) in [6.07, 6.45) is -0.0172. The molecule has 2 saturated heterocycles. The van der Waals surface area contributed by atoms with E-state index < -0.39 is 35.5 Å². The summed E-state index contributed by atoms with van der Waals surface area (Å²) < 4.78 is 9.86. The number of carbonyl (C=O) groups is 3. The highest BCUT2D eigenvalue weighted by Gasteiger charge is 2.44. The number of amides is 1. The summed E-state index contributed by atoms with van der Waals surface area (Å²) in [6, 6.07) is 0. The second-order valence-corrected chi connectivity index (χ2v) is 5.76. The standard InChI is InChI=1S/C12H17NO5/c1-12(2,3)18-11(16)13-5-7-4-8(6-13)10(15)17-9(7)14/h7-8H,4-6H2,1-3H3/t7-,8+. The zero-order valence-electron chi connectivity index (χ0n) is 10.8. The Kier molecular flexibility index (Phi) is 3.04. The van der Waals surface area contributed by atoms with E-state index in [1.165, 1.54) is 4.90 Å². The van der Waals surface area contributed by atoms with Gasteiger partial charge in [0.05, 0.1) is 11.8 Å². The maximum atomic E-state index is 11.9. The molecule has 0 aromatic rings. The fourth-order valence-electron chi connectivity index (χ4n) is 2.18. The monoisotopic (exact) mass is 255 g/mol. The van der Waals surface area contributed by atoms with Gasteiger partial charge in [-0.1, -0.05) is 0 Å². The van der Waals surface area contributed by atoms with E-state index in [-0.39, 0.29) is 13.1 Å². The van der Waals surface area contributed by atoms with Crippen molar-refractivity contribution in [1.29, 1.82) is 0 Å². The van der Waals surface area contributed by atoms with Crippen LogP contribution in [0, 0.1) is 11.8 Å². The van der Waals surface area contributed by atoms with Crippen LogP contribution in [0.3, 0.4) is 0 Å². The first-order chi connectivity index (χ1) is 8.26. The first-order valence-corrected chi connectivity index (χ1v) is 6.00. The van der Waals surface area contributed by atoms with Gasteiger partial charge in [-0.25, -0.2) is 4.79 Å². The molecule has 18 heavy (non-hydrogen) atoms. The van der Waals surface area contributed by atoms with Crippen LogP contribution in [0.25, 0.3) is 0 Å². The van der Waals surface area contributed by atoms with Crippen LogP contribution in [0.2, 0.25) is 0 Å². The number of hydrogen-bond acceptors (Lipinski definition) is 5. The molecule has 100 valence electrons. The number of fused-ring (bicyclic) bond motifs is 2.